The van der Waals surface area contributed by atoms with Crippen molar-refractivity contribution in [2.45, 2.75) is 32.3 Å². The first-order chi connectivity index (χ1) is 7.77. The molecule has 0 saturated heterocycles. The largest absolute Gasteiger partial charge is 0.527 e. The van der Waals surface area contributed by atoms with Gasteiger partial charge in [-0.25, -0.2) is 4.79 Å². The molecule has 0 aliphatic rings. The number of unbranched alkanes of at least 4 members (excludes halogenated alkanes) is 1. The number of hydrogen-bond acceptors (Lipinski definition) is 3. The van der Waals surface area contributed by atoms with Gasteiger partial charge in [-0.1, -0.05) is 43.7 Å². The molecule has 1 atom stereocenters. The second-order valence-corrected chi connectivity index (χ2v) is 3.64. The molecule has 88 valence electrons. The number of hydrogen-bond donors (Lipinski definition) is 0. The van der Waals surface area contributed by atoms with Crippen molar-refractivity contribution < 1.29 is 13.8 Å². The normalized spacial score (nSPS) is 11.9. The Morgan fingerprint density at radius 1 is 1.38 bits per heavy atom. The molecule has 0 N–H and O–H groups in total. The van der Waals surface area contributed by atoms with Gasteiger partial charge in [-0.15, -0.1) is 0 Å². The summed E-state index contributed by atoms with van der Waals surface area (Å²) in [5.74, 6) is 0. The number of carbonyl (C=O) groups excluding carboxylic acids is 1. The maximum absolute atomic E-state index is 11.0. The lowest BCUT2D eigenvalue weighted by Gasteiger charge is -2.16. The van der Waals surface area contributed by atoms with Crippen LogP contribution in [0.5, 0.6) is 0 Å². The molecule has 1 unspecified atom stereocenters. The van der Waals surface area contributed by atoms with Crippen molar-refractivity contribution in [3.05, 3.63) is 35.9 Å². The lowest BCUT2D eigenvalue weighted by Crippen LogP contribution is -2.10. The first kappa shape index (κ1) is 12.8. The van der Waals surface area contributed by atoms with Crippen LogP contribution in [-0.2, 0) is 9.03 Å². The molecule has 16 heavy (non-hydrogen) atoms. The molecule has 0 amide bonds. The zero-order valence-electron chi connectivity index (χ0n) is 9.19. The van der Waals surface area contributed by atoms with Crippen LogP contribution in [0.4, 0.5) is 4.79 Å². The van der Waals surface area contributed by atoms with Gasteiger partial charge < -0.3 is 9.03 Å². The van der Waals surface area contributed by atoms with Gasteiger partial charge in [0, 0.05) is 0 Å². The predicted octanol–water partition coefficient (Wildman–Crippen LogP) is 4.22. The van der Waals surface area contributed by atoms with Crippen LogP contribution in [0.15, 0.2) is 30.3 Å². The molecule has 0 fully saturated rings. The average Bonchev–Trinajstić information content (AvgIpc) is 2.35. The third-order valence-electron chi connectivity index (χ3n) is 2.29. The summed E-state index contributed by atoms with van der Waals surface area (Å²) in [5.41, 5.74) is 0.956. The Balaban J connectivity index is 2.67. The summed E-state index contributed by atoms with van der Waals surface area (Å²) < 4.78 is 9.09. The lowest BCUT2D eigenvalue weighted by atomic mass is 10.0. The average molecular weight is 243 g/mol. The van der Waals surface area contributed by atoms with E-state index in [0.717, 1.165) is 24.8 Å². The Labute approximate surface area is 100 Å². The van der Waals surface area contributed by atoms with Gasteiger partial charge in [-0.3, -0.25) is 0 Å². The second kappa shape index (κ2) is 7.12. The minimum absolute atomic E-state index is 0.285. The molecule has 3 nitrogen and oxygen atoms in total. The Morgan fingerprint density at radius 2 is 2.06 bits per heavy atom. The Bertz CT molecular complexity index is 313. The summed E-state index contributed by atoms with van der Waals surface area (Å²) in [5, 5.41) is 0. The summed E-state index contributed by atoms with van der Waals surface area (Å²) >= 11 is 4.94. The SMILES string of the molecule is CCCCC(OC(=O)OCl)c1ccccc1. The second-order valence-electron chi connectivity index (χ2n) is 3.49. The first-order valence-electron chi connectivity index (χ1n) is 5.32. The summed E-state index contributed by atoms with van der Waals surface area (Å²) in [6.07, 6.45) is 1.66. The van der Waals surface area contributed by atoms with Gasteiger partial charge in [-0.2, -0.15) is 0 Å². The monoisotopic (exact) mass is 242 g/mol. The summed E-state index contributed by atoms with van der Waals surface area (Å²) in [6.45, 7) is 2.09. The molecule has 0 aliphatic carbocycles. The number of benzene rings is 1. The van der Waals surface area contributed by atoms with Gasteiger partial charge in [0.05, 0.1) is 0 Å². The first-order valence-corrected chi connectivity index (χ1v) is 5.63. The van der Waals surface area contributed by atoms with Crippen LogP contribution in [-0.4, -0.2) is 6.16 Å². The zero-order chi connectivity index (χ0) is 11.8. The van der Waals surface area contributed by atoms with Crippen LogP contribution < -0.4 is 0 Å². The van der Waals surface area contributed by atoms with E-state index in [-0.39, 0.29) is 6.10 Å². The van der Waals surface area contributed by atoms with Crippen LogP contribution in [0.25, 0.3) is 0 Å². The fraction of sp³-hybridized carbons (Fsp3) is 0.417. The van der Waals surface area contributed by atoms with Gasteiger partial charge in [0.1, 0.15) is 18.0 Å². The molecule has 1 rings (SSSR count). The highest BCUT2D eigenvalue weighted by Gasteiger charge is 2.16. The molecule has 1 aromatic rings. The van der Waals surface area contributed by atoms with Crippen LogP contribution in [0.1, 0.15) is 37.9 Å². The highest BCUT2D eigenvalue weighted by atomic mass is 35.5. The van der Waals surface area contributed by atoms with E-state index in [1.165, 1.54) is 0 Å². The summed E-state index contributed by atoms with van der Waals surface area (Å²) in [6, 6.07) is 9.57. The summed E-state index contributed by atoms with van der Waals surface area (Å²) in [7, 11) is 0. The molecular formula is C12H15ClO3. The Hall–Kier alpha value is -1.22. The van der Waals surface area contributed by atoms with Crippen LogP contribution in [0, 0.1) is 0 Å². The number of ether oxygens (including phenoxy) is 1. The van der Waals surface area contributed by atoms with Gasteiger partial charge in [0.2, 0.25) is 0 Å². The Morgan fingerprint density at radius 3 is 2.62 bits per heavy atom. The smallest absolute Gasteiger partial charge is 0.425 e. The van der Waals surface area contributed by atoms with Gasteiger partial charge in [-0.05, 0) is 18.4 Å². The van der Waals surface area contributed by atoms with Crippen molar-refractivity contribution in [1.82, 2.24) is 0 Å². The molecule has 0 aromatic heterocycles. The van der Waals surface area contributed by atoms with Crippen LogP contribution >= 0.6 is 11.9 Å². The standard InChI is InChI=1S/C12H15ClO3/c1-2-3-9-11(15-12(14)16-13)10-7-5-4-6-8-10/h4-8,11H,2-3,9H2,1H3. The minimum Gasteiger partial charge on any atom is -0.425 e. The predicted molar refractivity (Wildman–Crippen MR) is 62.1 cm³/mol. The van der Waals surface area contributed by atoms with E-state index in [0.29, 0.717) is 0 Å². The quantitative estimate of drug-likeness (QED) is 0.725. The van der Waals surface area contributed by atoms with E-state index < -0.39 is 6.16 Å². The van der Waals surface area contributed by atoms with E-state index in [1.54, 1.807) is 0 Å². The van der Waals surface area contributed by atoms with Crippen molar-refractivity contribution in [3.8, 4) is 0 Å². The maximum Gasteiger partial charge on any atom is 0.527 e. The summed E-state index contributed by atoms with van der Waals surface area (Å²) in [4.78, 5) is 11.0. The molecule has 0 spiro atoms. The molecule has 0 aliphatic heterocycles. The number of carbonyl (C=O) groups is 1. The van der Waals surface area contributed by atoms with Crippen LogP contribution in [0.2, 0.25) is 0 Å². The van der Waals surface area contributed by atoms with Crippen molar-refractivity contribution in [2.24, 2.45) is 0 Å². The fourth-order valence-corrected chi connectivity index (χ4v) is 1.52. The van der Waals surface area contributed by atoms with E-state index in [9.17, 15) is 4.79 Å². The molecule has 0 radical (unpaired) electrons. The lowest BCUT2D eigenvalue weighted by molar-refractivity contribution is 0.0556. The van der Waals surface area contributed by atoms with Crippen molar-refractivity contribution in [2.75, 3.05) is 0 Å². The third kappa shape index (κ3) is 4.11. The topological polar surface area (TPSA) is 35.5 Å². The van der Waals surface area contributed by atoms with Crippen molar-refractivity contribution in [3.63, 3.8) is 0 Å². The third-order valence-corrected chi connectivity index (χ3v) is 2.42. The molecular weight excluding hydrogens is 228 g/mol. The molecule has 0 heterocycles. The van der Waals surface area contributed by atoms with Gasteiger partial charge in [0.15, 0.2) is 0 Å². The highest BCUT2D eigenvalue weighted by Crippen LogP contribution is 2.24. The minimum atomic E-state index is -0.855. The van der Waals surface area contributed by atoms with Crippen molar-refractivity contribution >= 4 is 18.0 Å². The van der Waals surface area contributed by atoms with Gasteiger partial charge >= 0.3 is 6.16 Å². The molecule has 0 bridgehead atoms. The number of halogens is 1. The van der Waals surface area contributed by atoms with E-state index in [4.69, 9.17) is 16.6 Å². The van der Waals surface area contributed by atoms with E-state index in [2.05, 4.69) is 11.2 Å². The Kier molecular flexibility index (Phi) is 5.72. The number of rotatable bonds is 5. The maximum atomic E-state index is 11.0. The van der Waals surface area contributed by atoms with Crippen molar-refractivity contribution in [1.29, 1.82) is 0 Å². The fourth-order valence-electron chi connectivity index (χ4n) is 1.49. The van der Waals surface area contributed by atoms with E-state index >= 15 is 0 Å². The molecule has 4 heteroatoms. The van der Waals surface area contributed by atoms with E-state index in [1.807, 2.05) is 30.3 Å². The van der Waals surface area contributed by atoms with Gasteiger partial charge in [0.25, 0.3) is 0 Å². The highest BCUT2D eigenvalue weighted by molar-refractivity contribution is 6.12. The zero-order valence-corrected chi connectivity index (χ0v) is 9.94. The molecule has 0 saturated carbocycles. The van der Waals surface area contributed by atoms with Crippen LogP contribution in [0.3, 0.4) is 0 Å². The molecule has 1 aromatic carbocycles.